The largest absolute Gasteiger partial charge is 0.465 e. The molecule has 15 heavy (non-hydrogen) atoms. The van der Waals surface area contributed by atoms with Crippen LogP contribution in [0.2, 0.25) is 0 Å². The Bertz CT molecular complexity index is 274. The van der Waals surface area contributed by atoms with Gasteiger partial charge in [-0.05, 0) is 27.2 Å². The van der Waals surface area contributed by atoms with E-state index < -0.39 is 11.2 Å². The van der Waals surface area contributed by atoms with Crippen LogP contribution in [0.1, 0.15) is 27.2 Å². The molecule has 86 valence electrons. The average Bonchev–Trinajstić information content (AvgIpc) is 2.88. The summed E-state index contributed by atoms with van der Waals surface area (Å²) in [5.74, 6) is -0.429. The minimum Gasteiger partial charge on any atom is -0.465 e. The highest BCUT2D eigenvalue weighted by molar-refractivity contribution is 5.81. The second kappa shape index (κ2) is 3.46. The molecule has 1 saturated carbocycles. The van der Waals surface area contributed by atoms with Crippen molar-refractivity contribution in [3.63, 3.8) is 0 Å². The molecule has 0 aromatic heterocycles. The molecule has 0 radical (unpaired) electrons. The number of esters is 1. The van der Waals surface area contributed by atoms with Crippen LogP contribution in [0.3, 0.4) is 0 Å². The van der Waals surface area contributed by atoms with Crippen LogP contribution in [0, 0.1) is 11.3 Å². The molecule has 0 unspecified atom stereocenters. The molecule has 2 aliphatic rings. The van der Waals surface area contributed by atoms with Crippen LogP contribution in [-0.4, -0.2) is 31.6 Å². The zero-order valence-corrected chi connectivity index (χ0v) is 9.54. The Morgan fingerprint density at radius 1 is 1.47 bits per heavy atom. The van der Waals surface area contributed by atoms with Gasteiger partial charge in [0.05, 0.1) is 25.2 Å². The topological polar surface area (TPSA) is 44.8 Å². The first-order chi connectivity index (χ1) is 7.00. The van der Waals surface area contributed by atoms with Gasteiger partial charge in [-0.25, -0.2) is 0 Å². The summed E-state index contributed by atoms with van der Waals surface area (Å²) < 4.78 is 16.2. The predicted octanol–water partition coefficient (Wildman–Crippen LogP) is 1.34. The van der Waals surface area contributed by atoms with Crippen LogP contribution in [-0.2, 0) is 19.0 Å². The van der Waals surface area contributed by atoms with Crippen molar-refractivity contribution in [3.8, 4) is 0 Å². The second-order valence-corrected chi connectivity index (χ2v) is 4.78. The third-order valence-electron chi connectivity index (χ3n) is 3.22. The van der Waals surface area contributed by atoms with Crippen LogP contribution < -0.4 is 0 Å². The molecule has 1 aliphatic heterocycles. The molecule has 0 spiro atoms. The van der Waals surface area contributed by atoms with E-state index in [9.17, 15) is 4.79 Å². The average molecular weight is 214 g/mol. The zero-order chi connectivity index (χ0) is 11.1. The molecule has 2 rings (SSSR count). The fraction of sp³-hybridized carbons (Fsp3) is 0.909. The van der Waals surface area contributed by atoms with Gasteiger partial charge < -0.3 is 14.2 Å². The molecule has 2 atom stereocenters. The maximum Gasteiger partial charge on any atom is 0.314 e. The zero-order valence-electron chi connectivity index (χ0n) is 9.54. The summed E-state index contributed by atoms with van der Waals surface area (Å²) in [6, 6.07) is 0. The van der Waals surface area contributed by atoms with Crippen LogP contribution >= 0.6 is 0 Å². The van der Waals surface area contributed by atoms with Gasteiger partial charge in [0, 0.05) is 5.92 Å². The van der Waals surface area contributed by atoms with E-state index in [1.165, 1.54) is 0 Å². The van der Waals surface area contributed by atoms with Crippen LogP contribution in [0.15, 0.2) is 0 Å². The van der Waals surface area contributed by atoms with Crippen molar-refractivity contribution in [1.29, 1.82) is 0 Å². The number of ether oxygens (including phenoxy) is 3. The summed E-state index contributed by atoms with van der Waals surface area (Å²) in [6.07, 6.45) is 0.835. The number of rotatable bonds is 2. The molecule has 0 bridgehead atoms. The molecule has 4 nitrogen and oxygen atoms in total. The maximum atomic E-state index is 11.8. The van der Waals surface area contributed by atoms with E-state index in [2.05, 4.69) is 0 Å². The number of fused-ring (bicyclic) bond motifs is 1. The molecule has 0 aromatic carbocycles. The monoisotopic (exact) mass is 214 g/mol. The number of hydrogen-bond donors (Lipinski definition) is 0. The first kappa shape index (κ1) is 10.9. The Kier molecular flexibility index (Phi) is 2.51. The van der Waals surface area contributed by atoms with E-state index in [0.717, 1.165) is 6.42 Å². The molecule has 1 saturated heterocycles. The molecule has 0 N–H and O–H groups in total. The van der Waals surface area contributed by atoms with E-state index in [1.54, 1.807) is 0 Å². The lowest BCUT2D eigenvalue weighted by Gasteiger charge is -2.24. The SMILES string of the molecule is CCOC(=O)[C@@]12COC(C)(C)OC[C@@H]1C2. The minimum absolute atomic E-state index is 0.128. The summed E-state index contributed by atoms with van der Waals surface area (Å²) in [7, 11) is 0. The van der Waals surface area contributed by atoms with E-state index in [4.69, 9.17) is 14.2 Å². The van der Waals surface area contributed by atoms with Crippen molar-refractivity contribution < 1.29 is 19.0 Å². The van der Waals surface area contributed by atoms with Crippen LogP contribution in [0.25, 0.3) is 0 Å². The van der Waals surface area contributed by atoms with Crippen molar-refractivity contribution in [1.82, 2.24) is 0 Å². The molecule has 0 aromatic rings. The second-order valence-electron chi connectivity index (χ2n) is 4.78. The molecule has 0 amide bonds. The van der Waals surface area contributed by atoms with Gasteiger partial charge in [-0.3, -0.25) is 4.79 Å². The fourth-order valence-corrected chi connectivity index (χ4v) is 2.01. The molecular weight excluding hydrogens is 196 g/mol. The Morgan fingerprint density at radius 3 is 2.87 bits per heavy atom. The fourth-order valence-electron chi connectivity index (χ4n) is 2.01. The third kappa shape index (κ3) is 1.88. The van der Waals surface area contributed by atoms with Gasteiger partial charge in [0.15, 0.2) is 5.79 Å². The van der Waals surface area contributed by atoms with Gasteiger partial charge in [-0.2, -0.15) is 0 Å². The normalized spacial score (nSPS) is 37.7. The smallest absolute Gasteiger partial charge is 0.314 e. The van der Waals surface area contributed by atoms with Crippen molar-refractivity contribution in [3.05, 3.63) is 0 Å². The Labute approximate surface area is 89.9 Å². The van der Waals surface area contributed by atoms with Crippen molar-refractivity contribution in [2.45, 2.75) is 33.0 Å². The van der Waals surface area contributed by atoms with Gasteiger partial charge in [-0.15, -0.1) is 0 Å². The predicted molar refractivity (Wildman–Crippen MR) is 53.2 cm³/mol. The minimum atomic E-state index is -0.576. The van der Waals surface area contributed by atoms with Crippen LogP contribution in [0.4, 0.5) is 0 Å². The summed E-state index contributed by atoms with van der Waals surface area (Å²) in [5, 5.41) is 0. The van der Waals surface area contributed by atoms with Gasteiger partial charge in [0.1, 0.15) is 0 Å². The lowest BCUT2D eigenvalue weighted by atomic mass is 10.1. The highest BCUT2D eigenvalue weighted by atomic mass is 16.7. The van der Waals surface area contributed by atoms with Crippen LogP contribution in [0.5, 0.6) is 0 Å². The quantitative estimate of drug-likeness (QED) is 0.651. The summed E-state index contributed by atoms with van der Waals surface area (Å²) in [4.78, 5) is 11.8. The van der Waals surface area contributed by atoms with Crippen molar-refractivity contribution in [2.75, 3.05) is 19.8 Å². The summed E-state index contributed by atoms with van der Waals surface area (Å²) >= 11 is 0. The third-order valence-corrected chi connectivity index (χ3v) is 3.22. The number of hydrogen-bond acceptors (Lipinski definition) is 4. The Hall–Kier alpha value is -0.610. The van der Waals surface area contributed by atoms with Gasteiger partial charge in [-0.1, -0.05) is 0 Å². The van der Waals surface area contributed by atoms with E-state index >= 15 is 0 Å². The molecule has 1 aliphatic carbocycles. The Morgan fingerprint density at radius 2 is 2.20 bits per heavy atom. The molecule has 1 heterocycles. The highest BCUT2D eigenvalue weighted by Gasteiger charge is 2.63. The van der Waals surface area contributed by atoms with Gasteiger partial charge >= 0.3 is 5.97 Å². The lowest BCUT2D eigenvalue weighted by molar-refractivity contribution is -0.210. The van der Waals surface area contributed by atoms with Crippen molar-refractivity contribution in [2.24, 2.45) is 11.3 Å². The standard InChI is InChI=1S/C11H18O4/c1-4-13-9(12)11-5-8(11)6-14-10(2,3)15-7-11/h8H,4-7H2,1-3H3/t8-,11-/m0/s1. The van der Waals surface area contributed by atoms with E-state index in [0.29, 0.717) is 19.8 Å². The first-order valence-corrected chi connectivity index (χ1v) is 5.45. The highest BCUT2D eigenvalue weighted by Crippen LogP contribution is 2.56. The number of carbonyl (C=O) groups is 1. The molecular formula is C11H18O4. The van der Waals surface area contributed by atoms with Crippen molar-refractivity contribution >= 4 is 5.97 Å². The Balaban J connectivity index is 2.04. The number of carbonyl (C=O) groups excluding carboxylic acids is 1. The summed E-state index contributed by atoms with van der Waals surface area (Å²) in [5.41, 5.74) is -0.413. The van der Waals surface area contributed by atoms with Gasteiger partial charge in [0.2, 0.25) is 0 Å². The van der Waals surface area contributed by atoms with Gasteiger partial charge in [0.25, 0.3) is 0 Å². The van der Waals surface area contributed by atoms with E-state index in [1.807, 2.05) is 20.8 Å². The first-order valence-electron chi connectivity index (χ1n) is 5.45. The lowest BCUT2D eigenvalue weighted by Crippen LogP contribution is -2.31. The molecule has 4 heteroatoms. The molecule has 2 fully saturated rings. The van der Waals surface area contributed by atoms with E-state index in [-0.39, 0.29) is 11.9 Å². The summed E-state index contributed by atoms with van der Waals surface area (Å²) in [6.45, 7) is 7.00. The maximum absolute atomic E-state index is 11.8.